The van der Waals surface area contributed by atoms with E-state index in [1.807, 2.05) is 27.7 Å². The predicted molar refractivity (Wildman–Crippen MR) is 256 cm³/mol. The van der Waals surface area contributed by atoms with Crippen molar-refractivity contribution in [3.63, 3.8) is 0 Å². The Morgan fingerprint density at radius 3 is 1.16 bits per heavy atom. The molecule has 2 unspecified atom stereocenters. The first-order valence-corrected chi connectivity index (χ1v) is 26.2. The van der Waals surface area contributed by atoms with E-state index in [0.29, 0.717) is 45.9 Å². The lowest BCUT2D eigenvalue weighted by molar-refractivity contribution is -0.108. The van der Waals surface area contributed by atoms with Crippen molar-refractivity contribution in [2.75, 3.05) is 46.6 Å². The molecule has 2 atom stereocenters. The Kier molecular flexibility index (Phi) is 36.8. The predicted octanol–water partition coefficient (Wildman–Crippen LogP) is 15.1. The third-order valence-corrected chi connectivity index (χ3v) is 12.7. The van der Waals surface area contributed by atoms with Crippen LogP contribution in [-0.4, -0.2) is 87.1 Å². The largest absolute Gasteiger partial charge is 0.418 e. The van der Waals surface area contributed by atoms with Crippen LogP contribution in [-0.2, 0) is 23.7 Å². The van der Waals surface area contributed by atoms with Crippen LogP contribution in [0.1, 0.15) is 253 Å². The van der Waals surface area contributed by atoms with Crippen molar-refractivity contribution in [2.45, 2.75) is 277 Å². The summed E-state index contributed by atoms with van der Waals surface area (Å²) < 4.78 is 29.4. The number of rotatable bonds is 43. The van der Waals surface area contributed by atoms with Gasteiger partial charge in [-0.2, -0.15) is 0 Å². The number of methoxy groups -OCH3 is 1. The van der Waals surface area contributed by atoms with E-state index in [-0.39, 0.29) is 12.2 Å². The molecule has 1 rings (SSSR count). The molecule has 9 nitrogen and oxygen atoms in total. The van der Waals surface area contributed by atoms with Crippen LogP contribution in [0.25, 0.3) is 0 Å². The Morgan fingerprint density at radius 1 is 0.508 bits per heavy atom. The average molecular weight is 867 g/mol. The summed E-state index contributed by atoms with van der Waals surface area (Å²) >= 11 is 0. The highest BCUT2D eigenvalue weighted by atomic mass is 16.6. The number of ether oxygens (including phenoxy) is 5. The van der Waals surface area contributed by atoms with Gasteiger partial charge in [0, 0.05) is 26.9 Å². The van der Waals surface area contributed by atoms with Crippen LogP contribution in [0, 0.1) is 0 Å². The number of amides is 2. The molecule has 2 amide bonds. The fourth-order valence-electron chi connectivity index (χ4n) is 8.13. The molecular weight excluding hydrogens is 765 g/mol. The zero-order chi connectivity index (χ0) is 44.7. The zero-order valence-electron chi connectivity index (χ0n) is 41.5. The van der Waals surface area contributed by atoms with Crippen LogP contribution in [0.2, 0.25) is 0 Å². The summed E-state index contributed by atoms with van der Waals surface area (Å²) in [5.41, 5.74) is -0.873. The highest BCUT2D eigenvalue weighted by Gasteiger charge is 2.38. The minimum Gasteiger partial charge on any atom is -0.376 e. The number of hydrogen-bond acceptors (Lipinski definition) is 7. The third kappa shape index (κ3) is 34.6. The van der Waals surface area contributed by atoms with Gasteiger partial charge in [0.2, 0.25) is 0 Å². The molecule has 0 spiro atoms. The molecule has 0 aromatic rings. The number of unbranched alkanes of at least 4 members (excludes halogenated alkanes) is 30. The summed E-state index contributed by atoms with van der Waals surface area (Å²) in [7, 11) is 1.66. The van der Waals surface area contributed by atoms with Crippen molar-refractivity contribution >= 4 is 12.2 Å². The molecular formula is C52H102N2O7. The number of carbonyl (C=O) groups is 2. The Balaban J connectivity index is 2.35. The summed E-state index contributed by atoms with van der Waals surface area (Å²) in [6, 6.07) is 0. The topological polar surface area (TPSA) is 95.6 Å². The van der Waals surface area contributed by atoms with Gasteiger partial charge in [0.1, 0.15) is 12.2 Å². The summed E-state index contributed by atoms with van der Waals surface area (Å²) in [5.74, 6) is 0. The SMILES string of the molecule is CCCCCCCCCCCCCCCCCCOC1CN(C(=O)OC(=O)NCCC(C)(C)OCC(C)(C)OC)CC1OCCCCCCCCCCCCCCCCCC. The van der Waals surface area contributed by atoms with Gasteiger partial charge in [-0.1, -0.05) is 206 Å². The number of carbonyl (C=O) groups excluding carboxylic acids is 2. The van der Waals surface area contributed by atoms with Crippen molar-refractivity contribution in [1.82, 2.24) is 10.2 Å². The van der Waals surface area contributed by atoms with Crippen molar-refractivity contribution in [3.8, 4) is 0 Å². The summed E-state index contributed by atoms with van der Waals surface area (Å²) in [5, 5.41) is 2.72. The zero-order valence-corrected chi connectivity index (χ0v) is 41.5. The highest BCUT2D eigenvalue weighted by molar-refractivity contribution is 5.83. The number of likely N-dealkylation sites (tertiary alicyclic amines) is 1. The molecule has 362 valence electrons. The third-order valence-electron chi connectivity index (χ3n) is 12.7. The average Bonchev–Trinajstić information content (AvgIpc) is 3.65. The van der Waals surface area contributed by atoms with Crippen LogP contribution in [0.15, 0.2) is 0 Å². The first-order valence-electron chi connectivity index (χ1n) is 26.2. The fraction of sp³-hybridized carbons (Fsp3) is 0.962. The van der Waals surface area contributed by atoms with Gasteiger partial charge < -0.3 is 33.9 Å². The van der Waals surface area contributed by atoms with E-state index in [1.165, 1.54) is 180 Å². The second-order valence-electron chi connectivity index (χ2n) is 19.7. The van der Waals surface area contributed by atoms with E-state index in [4.69, 9.17) is 23.7 Å². The summed E-state index contributed by atoms with van der Waals surface area (Å²) in [4.78, 5) is 27.3. The smallest absolute Gasteiger partial charge is 0.376 e. The Hall–Kier alpha value is -1.42. The Bertz CT molecular complexity index is 962. The molecule has 61 heavy (non-hydrogen) atoms. The second kappa shape index (κ2) is 39.0. The van der Waals surface area contributed by atoms with Gasteiger partial charge in [0.25, 0.3) is 0 Å². The lowest BCUT2D eigenvalue weighted by Gasteiger charge is -2.31. The van der Waals surface area contributed by atoms with E-state index in [1.54, 1.807) is 12.0 Å². The molecule has 0 aliphatic carbocycles. The molecule has 0 radical (unpaired) electrons. The minimum absolute atomic E-state index is 0.220. The molecule has 1 saturated heterocycles. The molecule has 9 heteroatoms. The second-order valence-corrected chi connectivity index (χ2v) is 19.7. The minimum atomic E-state index is -0.749. The van der Waals surface area contributed by atoms with E-state index in [0.717, 1.165) is 25.7 Å². The summed E-state index contributed by atoms with van der Waals surface area (Å²) in [6.45, 7) is 15.3. The molecule has 0 bridgehead atoms. The van der Waals surface area contributed by atoms with Gasteiger partial charge in [-0.25, -0.2) is 9.59 Å². The number of nitrogens with zero attached hydrogens (tertiary/aromatic N) is 1. The van der Waals surface area contributed by atoms with Gasteiger partial charge in [0.15, 0.2) is 0 Å². The molecule has 1 N–H and O–H groups in total. The van der Waals surface area contributed by atoms with Gasteiger partial charge >= 0.3 is 12.2 Å². The maximum atomic E-state index is 13.1. The first-order chi connectivity index (χ1) is 29.5. The monoisotopic (exact) mass is 867 g/mol. The first kappa shape index (κ1) is 57.6. The van der Waals surface area contributed by atoms with Crippen LogP contribution >= 0.6 is 0 Å². The van der Waals surface area contributed by atoms with Crippen LogP contribution in [0.3, 0.4) is 0 Å². The maximum absolute atomic E-state index is 13.1. The molecule has 1 fully saturated rings. The van der Waals surface area contributed by atoms with Crippen molar-refractivity contribution < 1.29 is 33.3 Å². The highest BCUT2D eigenvalue weighted by Crippen LogP contribution is 2.22. The van der Waals surface area contributed by atoms with Gasteiger partial charge in [0.05, 0.1) is 30.9 Å². The van der Waals surface area contributed by atoms with Crippen molar-refractivity contribution in [1.29, 1.82) is 0 Å². The molecule has 1 aliphatic rings. The molecule has 1 aliphatic heterocycles. The molecule has 0 aromatic carbocycles. The molecule has 0 aromatic heterocycles. The lowest BCUT2D eigenvalue weighted by Crippen LogP contribution is -2.39. The van der Waals surface area contributed by atoms with E-state index in [2.05, 4.69) is 19.2 Å². The van der Waals surface area contributed by atoms with Gasteiger partial charge in [-0.15, -0.1) is 0 Å². The van der Waals surface area contributed by atoms with Gasteiger partial charge in [-0.3, -0.25) is 0 Å². The quantitative estimate of drug-likeness (QED) is 0.0482. The number of hydrogen-bond donors (Lipinski definition) is 1. The van der Waals surface area contributed by atoms with Crippen LogP contribution < -0.4 is 5.32 Å². The Morgan fingerprint density at radius 2 is 0.836 bits per heavy atom. The standard InChI is InChI=1S/C52H102N2O7/c1-8-10-12-14-16-18-20-22-24-26-28-30-32-34-36-38-42-58-47-44-54(50(56)61-49(55)53-41-40-51(3,4)60-46-52(5,6)57-7)45-48(47)59-43-39-37-35-33-31-29-27-25-23-21-19-17-15-13-11-9-2/h47-48H,8-46H2,1-7H3,(H,53,55). The fourth-order valence-corrected chi connectivity index (χ4v) is 8.13. The molecule has 0 saturated carbocycles. The van der Waals surface area contributed by atoms with E-state index >= 15 is 0 Å². The maximum Gasteiger partial charge on any atom is 0.418 e. The van der Waals surface area contributed by atoms with E-state index in [9.17, 15) is 9.59 Å². The van der Waals surface area contributed by atoms with Crippen molar-refractivity contribution in [2.24, 2.45) is 0 Å². The molecule has 1 heterocycles. The van der Waals surface area contributed by atoms with Crippen LogP contribution in [0.4, 0.5) is 9.59 Å². The normalized spacial score (nSPS) is 15.8. The number of alkyl carbamates (subject to hydrolysis) is 1. The van der Waals surface area contributed by atoms with E-state index < -0.39 is 23.4 Å². The lowest BCUT2D eigenvalue weighted by atomic mass is 10.0. The van der Waals surface area contributed by atoms with Gasteiger partial charge in [-0.05, 0) is 47.0 Å². The number of nitrogens with one attached hydrogen (secondary N) is 1. The summed E-state index contributed by atoms with van der Waals surface area (Å²) in [6.07, 6.45) is 41.5. The van der Waals surface area contributed by atoms with Crippen molar-refractivity contribution in [3.05, 3.63) is 0 Å². The Labute approximate surface area is 378 Å². The van der Waals surface area contributed by atoms with Crippen LogP contribution in [0.5, 0.6) is 0 Å².